The molecule has 0 aliphatic heterocycles. The van der Waals surface area contributed by atoms with Crippen molar-refractivity contribution in [2.24, 2.45) is 0 Å². The summed E-state index contributed by atoms with van der Waals surface area (Å²) >= 11 is 5.90. The number of rotatable bonds is 5. The van der Waals surface area contributed by atoms with E-state index in [1.54, 1.807) is 6.20 Å². The third-order valence-electron chi connectivity index (χ3n) is 2.46. The fourth-order valence-corrected chi connectivity index (χ4v) is 1.64. The Bertz CT molecular complexity index is 469. The second-order valence-electron chi connectivity index (χ2n) is 3.70. The van der Waals surface area contributed by atoms with Crippen molar-refractivity contribution in [3.05, 3.63) is 35.3 Å². The van der Waals surface area contributed by atoms with Gasteiger partial charge in [-0.25, -0.2) is 15.0 Å². The molecule has 0 saturated heterocycles. The summed E-state index contributed by atoms with van der Waals surface area (Å²) in [6, 6.07) is 0. The van der Waals surface area contributed by atoms with Gasteiger partial charge in [-0.3, -0.25) is 0 Å². The van der Waals surface area contributed by atoms with E-state index in [1.165, 1.54) is 6.33 Å². The summed E-state index contributed by atoms with van der Waals surface area (Å²) in [6.45, 7) is 2.73. The largest absolute Gasteiger partial charge is 0.370 e. The first-order valence-corrected chi connectivity index (χ1v) is 5.84. The highest BCUT2D eigenvalue weighted by atomic mass is 35.5. The summed E-state index contributed by atoms with van der Waals surface area (Å²) < 4.78 is 0. The monoisotopic (exact) mass is 251 g/mol. The molecular weight excluding hydrogens is 238 g/mol. The fourth-order valence-electron chi connectivity index (χ4n) is 1.50. The Labute approximate surface area is 105 Å². The number of aromatic amines is 1. The van der Waals surface area contributed by atoms with Crippen LogP contribution in [0.3, 0.4) is 0 Å². The normalized spacial score (nSPS) is 10.5. The summed E-state index contributed by atoms with van der Waals surface area (Å²) in [7, 11) is 0. The highest BCUT2D eigenvalue weighted by molar-refractivity contribution is 6.30. The van der Waals surface area contributed by atoms with Crippen molar-refractivity contribution < 1.29 is 0 Å². The highest BCUT2D eigenvalue weighted by Crippen LogP contribution is 2.17. The summed E-state index contributed by atoms with van der Waals surface area (Å²) in [5.41, 5.74) is 0.882. The van der Waals surface area contributed by atoms with Crippen molar-refractivity contribution in [2.45, 2.75) is 19.8 Å². The first-order valence-electron chi connectivity index (χ1n) is 5.46. The molecule has 0 bridgehead atoms. The Morgan fingerprint density at radius 2 is 2.24 bits per heavy atom. The van der Waals surface area contributed by atoms with Gasteiger partial charge in [0.25, 0.3) is 0 Å². The van der Waals surface area contributed by atoms with Crippen molar-refractivity contribution in [1.29, 1.82) is 0 Å². The first kappa shape index (κ1) is 11.9. The molecule has 0 saturated carbocycles. The molecule has 0 aliphatic rings. The number of imidazole rings is 1. The zero-order chi connectivity index (χ0) is 12.1. The molecule has 5 nitrogen and oxygen atoms in total. The number of halogens is 1. The molecule has 2 aromatic heterocycles. The number of nitrogens with zero attached hydrogens (tertiary/aromatic N) is 3. The maximum atomic E-state index is 5.90. The number of anilines is 1. The molecule has 0 unspecified atom stereocenters. The van der Waals surface area contributed by atoms with Crippen molar-refractivity contribution in [2.75, 3.05) is 11.9 Å². The van der Waals surface area contributed by atoms with Crippen LogP contribution >= 0.6 is 11.6 Å². The van der Waals surface area contributed by atoms with Crippen LogP contribution in [0.5, 0.6) is 0 Å². The molecule has 0 spiro atoms. The number of aryl methyl sites for hydroxylation is 1. The van der Waals surface area contributed by atoms with Crippen LogP contribution in [0.15, 0.2) is 18.7 Å². The van der Waals surface area contributed by atoms with Crippen molar-refractivity contribution in [1.82, 2.24) is 19.9 Å². The molecule has 0 amide bonds. The number of H-pyrrole nitrogens is 1. The Morgan fingerprint density at radius 3 is 3.00 bits per heavy atom. The highest BCUT2D eigenvalue weighted by Gasteiger charge is 2.03. The van der Waals surface area contributed by atoms with Gasteiger partial charge in [-0.15, -0.1) is 0 Å². The lowest BCUT2D eigenvalue weighted by molar-refractivity contribution is 0.812. The molecule has 6 heteroatoms. The fraction of sp³-hybridized carbons (Fsp3) is 0.364. The minimum Gasteiger partial charge on any atom is -0.370 e. The van der Waals surface area contributed by atoms with E-state index in [-0.39, 0.29) is 0 Å². The second kappa shape index (κ2) is 5.63. The van der Waals surface area contributed by atoms with Gasteiger partial charge in [0.2, 0.25) is 0 Å². The van der Waals surface area contributed by atoms with Gasteiger partial charge in [0.1, 0.15) is 23.1 Å². The summed E-state index contributed by atoms with van der Waals surface area (Å²) in [5.74, 6) is 1.80. The molecule has 0 aromatic carbocycles. The molecule has 2 heterocycles. The molecule has 0 radical (unpaired) electrons. The van der Waals surface area contributed by atoms with Gasteiger partial charge >= 0.3 is 0 Å². The summed E-state index contributed by atoms with van der Waals surface area (Å²) in [5, 5.41) is 3.73. The van der Waals surface area contributed by atoms with E-state index in [0.717, 1.165) is 36.6 Å². The Kier molecular flexibility index (Phi) is 3.93. The van der Waals surface area contributed by atoms with Gasteiger partial charge in [-0.05, 0) is 13.3 Å². The topological polar surface area (TPSA) is 66.5 Å². The lowest BCUT2D eigenvalue weighted by Gasteiger charge is -2.07. The minimum atomic E-state index is 0.494. The Morgan fingerprint density at radius 1 is 1.35 bits per heavy atom. The zero-order valence-electron chi connectivity index (χ0n) is 9.57. The van der Waals surface area contributed by atoms with Gasteiger partial charge in [-0.1, -0.05) is 11.6 Å². The van der Waals surface area contributed by atoms with E-state index < -0.39 is 0 Å². The van der Waals surface area contributed by atoms with Crippen LogP contribution in [0.25, 0.3) is 0 Å². The first-order chi connectivity index (χ1) is 8.27. The molecule has 17 heavy (non-hydrogen) atoms. The molecule has 2 rings (SSSR count). The number of hydrogen-bond acceptors (Lipinski definition) is 4. The van der Waals surface area contributed by atoms with E-state index in [9.17, 15) is 0 Å². The van der Waals surface area contributed by atoms with Crippen LogP contribution in [0, 0.1) is 6.92 Å². The van der Waals surface area contributed by atoms with Gasteiger partial charge < -0.3 is 10.3 Å². The van der Waals surface area contributed by atoms with Crippen molar-refractivity contribution in [3.8, 4) is 0 Å². The van der Waals surface area contributed by atoms with E-state index in [2.05, 4.69) is 25.3 Å². The maximum Gasteiger partial charge on any atom is 0.137 e. The Hall–Kier alpha value is -1.62. The Balaban J connectivity index is 1.80. The predicted molar refractivity (Wildman–Crippen MR) is 67.2 cm³/mol. The van der Waals surface area contributed by atoms with E-state index in [1.807, 2.05) is 13.1 Å². The average molecular weight is 252 g/mol. The van der Waals surface area contributed by atoms with E-state index in [4.69, 9.17) is 11.6 Å². The molecule has 90 valence electrons. The lowest BCUT2D eigenvalue weighted by Crippen LogP contribution is -2.07. The minimum absolute atomic E-state index is 0.494. The lowest BCUT2D eigenvalue weighted by atomic mass is 10.3. The second-order valence-corrected chi connectivity index (χ2v) is 4.06. The third-order valence-corrected chi connectivity index (χ3v) is 2.84. The quantitative estimate of drug-likeness (QED) is 0.632. The molecule has 2 aromatic rings. The third kappa shape index (κ3) is 3.17. The smallest absolute Gasteiger partial charge is 0.137 e. The standard InChI is InChI=1S/C11H14ClN5/c1-8-10(12)16-7-17-11(8)15-4-2-3-9-13-5-6-14-9/h5-7H,2-4H2,1H3,(H,13,14)(H,15,16,17). The molecular formula is C11H14ClN5. The predicted octanol–water partition coefficient (Wildman–Crippen LogP) is 2.21. The number of aromatic nitrogens is 4. The zero-order valence-corrected chi connectivity index (χ0v) is 10.3. The molecule has 0 aliphatic carbocycles. The summed E-state index contributed by atoms with van der Waals surface area (Å²) in [6.07, 6.45) is 6.95. The molecule has 2 N–H and O–H groups in total. The van der Waals surface area contributed by atoms with E-state index >= 15 is 0 Å². The van der Waals surface area contributed by atoms with Crippen LogP contribution in [-0.4, -0.2) is 26.5 Å². The number of nitrogens with one attached hydrogen (secondary N) is 2. The van der Waals surface area contributed by atoms with Gasteiger partial charge in [0, 0.05) is 30.9 Å². The van der Waals surface area contributed by atoms with Gasteiger partial charge in [0.05, 0.1) is 0 Å². The van der Waals surface area contributed by atoms with Crippen LogP contribution in [0.1, 0.15) is 17.8 Å². The van der Waals surface area contributed by atoms with Crippen LogP contribution in [0.4, 0.5) is 5.82 Å². The molecule has 0 fully saturated rings. The molecule has 0 atom stereocenters. The van der Waals surface area contributed by atoms with Crippen LogP contribution in [0.2, 0.25) is 5.15 Å². The van der Waals surface area contributed by atoms with Gasteiger partial charge in [0.15, 0.2) is 0 Å². The van der Waals surface area contributed by atoms with Crippen molar-refractivity contribution >= 4 is 17.4 Å². The van der Waals surface area contributed by atoms with E-state index in [0.29, 0.717) is 5.15 Å². The van der Waals surface area contributed by atoms with Crippen molar-refractivity contribution in [3.63, 3.8) is 0 Å². The summed E-state index contributed by atoms with van der Waals surface area (Å²) in [4.78, 5) is 15.3. The number of hydrogen-bond donors (Lipinski definition) is 2. The maximum absolute atomic E-state index is 5.90. The average Bonchev–Trinajstić information content (AvgIpc) is 2.83. The van der Waals surface area contributed by atoms with Crippen LogP contribution in [-0.2, 0) is 6.42 Å². The van der Waals surface area contributed by atoms with Gasteiger partial charge in [-0.2, -0.15) is 0 Å². The SMILES string of the molecule is Cc1c(Cl)ncnc1NCCCc1ncc[nH]1. The van der Waals surface area contributed by atoms with Crippen LogP contribution < -0.4 is 5.32 Å².